The van der Waals surface area contributed by atoms with Crippen molar-refractivity contribution in [3.8, 4) is 0 Å². The van der Waals surface area contributed by atoms with E-state index >= 15 is 0 Å². The lowest BCUT2D eigenvalue weighted by Gasteiger charge is -2.50. The highest BCUT2D eigenvalue weighted by molar-refractivity contribution is 8.01. The van der Waals surface area contributed by atoms with E-state index in [-0.39, 0.29) is 11.4 Å². The number of nitrogens with two attached hydrogens (primary N) is 1. The molecule has 2 aromatic rings. The molecule has 1 aromatic carbocycles. The van der Waals surface area contributed by atoms with Gasteiger partial charge in [-0.3, -0.25) is 19.3 Å². The number of hydrogen-bond acceptors (Lipinski definition) is 13. The van der Waals surface area contributed by atoms with Gasteiger partial charge >= 0.3 is 17.4 Å². The predicted molar refractivity (Wildman–Crippen MR) is 140 cm³/mol. The summed E-state index contributed by atoms with van der Waals surface area (Å²) < 4.78 is 48.4. The maximum atomic E-state index is 13.7. The van der Waals surface area contributed by atoms with Gasteiger partial charge in [-0.25, -0.2) is 9.89 Å². The van der Waals surface area contributed by atoms with Crippen molar-refractivity contribution in [2.75, 3.05) is 18.1 Å². The van der Waals surface area contributed by atoms with Crippen LogP contribution >= 0.6 is 35.3 Å². The molecule has 4 N–H and O–H groups in total. The molecular weight excluding hydrogens is 611 g/mol. The van der Waals surface area contributed by atoms with Gasteiger partial charge in [0, 0.05) is 16.6 Å². The summed E-state index contributed by atoms with van der Waals surface area (Å²) in [5.41, 5.74) is 1.39. The Kier molecular flexibility index (Phi) is 9.82. The van der Waals surface area contributed by atoms with Crippen LogP contribution in [0, 0.1) is 0 Å². The lowest BCUT2D eigenvalue weighted by atomic mass is 10.0. The fraction of sp³-hybridized carbons (Fsp3) is 0.409. The molecule has 4 atom stereocenters. The van der Waals surface area contributed by atoms with Crippen molar-refractivity contribution in [1.82, 2.24) is 30.8 Å². The molecular formula is C22H22F3N7O6S3. The zero-order valence-electron chi connectivity index (χ0n) is 21.0. The van der Waals surface area contributed by atoms with E-state index in [1.165, 1.54) is 23.5 Å². The van der Waals surface area contributed by atoms with Gasteiger partial charge in [0.05, 0.1) is 12.3 Å². The Labute approximate surface area is 242 Å². The number of H-pyrrole nitrogens is 1. The number of fused-ring (bicyclic) bond motifs is 1. The van der Waals surface area contributed by atoms with Gasteiger partial charge in [-0.2, -0.15) is 13.2 Å². The quantitative estimate of drug-likeness (QED) is 0.140. The second-order valence-electron chi connectivity index (χ2n) is 8.37. The van der Waals surface area contributed by atoms with Gasteiger partial charge in [0.1, 0.15) is 17.1 Å². The number of esters is 2. The van der Waals surface area contributed by atoms with Crippen LogP contribution in [0.15, 0.2) is 46.8 Å². The maximum absolute atomic E-state index is 13.7. The number of aromatic amines is 1. The van der Waals surface area contributed by atoms with Crippen LogP contribution in [0.4, 0.5) is 13.2 Å². The van der Waals surface area contributed by atoms with E-state index in [0.717, 1.165) is 4.90 Å². The molecule has 2 aliphatic heterocycles. The molecule has 3 unspecified atom stereocenters. The summed E-state index contributed by atoms with van der Waals surface area (Å²) in [6, 6.07) is 6.94. The number of hydrogen-bond donors (Lipinski definition) is 3. The first-order valence-electron chi connectivity index (χ1n) is 11.7. The Morgan fingerprint density at radius 1 is 1.27 bits per heavy atom. The number of ether oxygens (including phenoxy) is 2. The first-order valence-corrected chi connectivity index (χ1v) is 14.6. The smallest absolute Gasteiger partial charge is 0.420 e. The second-order valence-corrected chi connectivity index (χ2v) is 11.8. The van der Waals surface area contributed by atoms with Gasteiger partial charge in [-0.1, -0.05) is 42.1 Å². The molecule has 2 aliphatic rings. The number of carbonyl (C=O) groups is 4. The van der Waals surface area contributed by atoms with Gasteiger partial charge < -0.3 is 20.5 Å². The number of β-lactam (4-membered cyclic amide) rings is 1. The van der Waals surface area contributed by atoms with Gasteiger partial charge in [0.2, 0.25) is 11.1 Å². The van der Waals surface area contributed by atoms with E-state index in [2.05, 4.69) is 25.9 Å². The van der Waals surface area contributed by atoms with E-state index < -0.39 is 76.3 Å². The Morgan fingerprint density at radius 2 is 2.00 bits per heavy atom. The van der Waals surface area contributed by atoms with Crippen molar-refractivity contribution in [2.24, 2.45) is 5.73 Å². The van der Waals surface area contributed by atoms with Gasteiger partial charge in [0.25, 0.3) is 12.2 Å². The number of nitrogens with one attached hydrogen (secondary N) is 2. The zero-order chi connectivity index (χ0) is 29.7. The van der Waals surface area contributed by atoms with E-state index in [1.807, 2.05) is 0 Å². The molecule has 2 amide bonds. The number of carbonyl (C=O) groups excluding carboxylic acids is 4. The third-order valence-electron chi connectivity index (χ3n) is 5.67. The zero-order valence-corrected chi connectivity index (χ0v) is 23.4. The fourth-order valence-electron chi connectivity index (χ4n) is 3.84. The van der Waals surface area contributed by atoms with E-state index in [4.69, 9.17) is 15.2 Å². The highest BCUT2D eigenvalue weighted by atomic mass is 32.2. The van der Waals surface area contributed by atoms with E-state index in [1.54, 1.807) is 37.3 Å². The third kappa shape index (κ3) is 7.52. The van der Waals surface area contributed by atoms with Crippen molar-refractivity contribution in [3.63, 3.8) is 0 Å². The average molecular weight is 634 g/mol. The van der Waals surface area contributed by atoms with Crippen LogP contribution in [-0.4, -0.2) is 89.5 Å². The molecule has 1 aromatic heterocycles. The summed E-state index contributed by atoms with van der Waals surface area (Å²) in [5, 5.41) is 14.8. The number of benzene rings is 1. The summed E-state index contributed by atoms with van der Waals surface area (Å²) in [4.78, 5) is 52.1. The lowest BCUT2D eigenvalue weighted by molar-refractivity contribution is -0.188. The molecule has 0 bridgehead atoms. The Balaban J connectivity index is 1.60. The van der Waals surface area contributed by atoms with Crippen molar-refractivity contribution in [2.45, 2.75) is 40.5 Å². The topological polar surface area (TPSA) is 182 Å². The van der Waals surface area contributed by atoms with Crippen molar-refractivity contribution >= 4 is 59.0 Å². The number of nitrogens with zero attached hydrogens (tertiary/aromatic N) is 4. The summed E-state index contributed by atoms with van der Waals surface area (Å²) in [6.07, 6.45) is -1.49. The monoisotopic (exact) mass is 633 g/mol. The van der Waals surface area contributed by atoms with Gasteiger partial charge in [0.15, 0.2) is 0 Å². The summed E-state index contributed by atoms with van der Waals surface area (Å²) in [6.45, 7) is 1.27. The number of amides is 2. The van der Waals surface area contributed by atoms with Crippen molar-refractivity contribution in [1.29, 1.82) is 0 Å². The number of alkyl halides is 3. The molecule has 0 saturated carbocycles. The predicted octanol–water partition coefficient (Wildman–Crippen LogP) is 1.33. The second kappa shape index (κ2) is 13.1. The van der Waals surface area contributed by atoms with Gasteiger partial charge in [-0.05, 0) is 34.7 Å². The molecule has 4 rings (SSSR count). The molecule has 41 heavy (non-hydrogen) atoms. The lowest BCUT2D eigenvalue weighted by Crippen LogP contribution is -2.71. The average Bonchev–Trinajstić information content (AvgIpc) is 3.46. The number of thioether (sulfide) groups is 3. The summed E-state index contributed by atoms with van der Waals surface area (Å²) >= 11 is 1.85. The molecule has 0 aliphatic carbocycles. The first kappa shape index (κ1) is 30.7. The number of tetrazole rings is 1. The van der Waals surface area contributed by atoms with Crippen LogP contribution in [0.5, 0.6) is 0 Å². The number of halogens is 3. The SMILES string of the molecule is CC(Sc1nnn[nH]1)C1=C(C(=O)OC(OC(=O)CN)c2ccccc2)N2C(=O)C(NC(=O)CSC(F)(F)F)[C@@H]2SC1. The van der Waals surface area contributed by atoms with Crippen LogP contribution < -0.4 is 11.1 Å². The van der Waals surface area contributed by atoms with E-state index in [0.29, 0.717) is 16.3 Å². The first-order chi connectivity index (χ1) is 19.5. The van der Waals surface area contributed by atoms with Crippen LogP contribution in [0.3, 0.4) is 0 Å². The molecule has 0 spiro atoms. The van der Waals surface area contributed by atoms with Crippen LogP contribution in [-0.2, 0) is 28.7 Å². The molecule has 3 heterocycles. The molecule has 0 radical (unpaired) electrons. The minimum atomic E-state index is -4.61. The molecule has 19 heteroatoms. The third-order valence-corrected chi connectivity index (χ3v) is 8.74. The molecule has 220 valence electrons. The largest absolute Gasteiger partial charge is 0.442 e. The maximum Gasteiger partial charge on any atom is 0.442 e. The van der Waals surface area contributed by atoms with Crippen LogP contribution in [0.25, 0.3) is 0 Å². The Bertz CT molecular complexity index is 1320. The molecule has 13 nitrogen and oxygen atoms in total. The number of aromatic nitrogens is 4. The van der Waals surface area contributed by atoms with Crippen molar-refractivity contribution < 1.29 is 41.8 Å². The number of rotatable bonds is 11. The summed E-state index contributed by atoms with van der Waals surface area (Å²) in [7, 11) is 0. The van der Waals surface area contributed by atoms with Crippen molar-refractivity contribution in [3.05, 3.63) is 47.2 Å². The standard InChI is InChI=1S/C22H22F3N7O6S3/c1-10(41-21-28-30-31-29-21)12-8-39-18-15(27-13(33)9-40-22(23,24)25)17(35)32(18)16(12)19(36)38-20(37-14(34)7-26)11-5-3-2-4-6-11/h2-6,10,15,18,20H,7-9,26H2,1H3,(H,27,33)(H,28,29,30,31)/t10?,15?,18-,20?/m0/s1. The summed E-state index contributed by atoms with van der Waals surface area (Å²) in [5.74, 6) is -4.28. The minimum absolute atomic E-state index is 0.147. The van der Waals surface area contributed by atoms with Crippen LogP contribution in [0.1, 0.15) is 18.8 Å². The highest BCUT2D eigenvalue weighted by Crippen LogP contribution is 2.44. The fourth-order valence-corrected chi connectivity index (χ4v) is 6.64. The minimum Gasteiger partial charge on any atom is -0.420 e. The Hall–Kier alpha value is -3.29. The molecule has 1 fully saturated rings. The normalized spacial score (nSPS) is 20.0. The van der Waals surface area contributed by atoms with Crippen LogP contribution in [0.2, 0.25) is 0 Å². The molecule has 1 saturated heterocycles. The van der Waals surface area contributed by atoms with E-state index in [9.17, 15) is 32.3 Å². The Morgan fingerprint density at radius 3 is 2.63 bits per heavy atom. The van der Waals surface area contributed by atoms with Gasteiger partial charge in [-0.15, -0.1) is 16.9 Å². The highest BCUT2D eigenvalue weighted by Gasteiger charge is 2.55.